The third-order valence-electron chi connectivity index (χ3n) is 2.72. The minimum absolute atomic E-state index is 0.140. The van der Waals surface area contributed by atoms with Gasteiger partial charge in [0.15, 0.2) is 0 Å². The van der Waals surface area contributed by atoms with Crippen molar-refractivity contribution < 1.29 is 14.6 Å². The summed E-state index contributed by atoms with van der Waals surface area (Å²) in [4.78, 5) is 11.2. The summed E-state index contributed by atoms with van der Waals surface area (Å²) in [5.74, 6) is -0.527. The number of ether oxygens (including phenoxy) is 1. The van der Waals surface area contributed by atoms with Crippen molar-refractivity contribution in [3.63, 3.8) is 0 Å². The SMILES string of the molecule is C=Cc1cccc(C(=O)O)c1COc1ccn(C)n1. The molecule has 0 bridgehead atoms. The molecule has 0 spiro atoms. The van der Waals surface area contributed by atoms with Crippen molar-refractivity contribution in [1.82, 2.24) is 9.78 Å². The molecule has 1 heterocycles. The maximum atomic E-state index is 11.2. The van der Waals surface area contributed by atoms with E-state index in [1.54, 1.807) is 48.3 Å². The Morgan fingerprint density at radius 2 is 2.32 bits per heavy atom. The second kappa shape index (κ2) is 5.39. The standard InChI is InChI=1S/C14H14N2O3/c1-3-10-5-4-6-11(14(17)18)12(10)9-19-13-7-8-16(2)15-13/h3-8H,1,9H2,2H3,(H,17,18). The van der Waals surface area contributed by atoms with Crippen LogP contribution in [0.15, 0.2) is 37.0 Å². The van der Waals surface area contributed by atoms with E-state index >= 15 is 0 Å². The van der Waals surface area contributed by atoms with Gasteiger partial charge in [0.2, 0.25) is 5.88 Å². The van der Waals surface area contributed by atoms with Gasteiger partial charge in [0.1, 0.15) is 6.61 Å². The second-order valence-electron chi connectivity index (χ2n) is 4.00. The Morgan fingerprint density at radius 1 is 1.53 bits per heavy atom. The molecular weight excluding hydrogens is 244 g/mol. The lowest BCUT2D eigenvalue weighted by molar-refractivity contribution is 0.0693. The fraction of sp³-hybridized carbons (Fsp3) is 0.143. The first-order chi connectivity index (χ1) is 9.11. The lowest BCUT2D eigenvalue weighted by Crippen LogP contribution is -2.08. The molecule has 0 radical (unpaired) electrons. The van der Waals surface area contributed by atoms with E-state index in [1.807, 2.05) is 0 Å². The number of hydrogen-bond donors (Lipinski definition) is 1. The zero-order chi connectivity index (χ0) is 13.8. The minimum Gasteiger partial charge on any atom is -0.478 e. The van der Waals surface area contributed by atoms with Gasteiger partial charge in [-0.2, -0.15) is 0 Å². The molecule has 5 nitrogen and oxygen atoms in total. The Kier molecular flexibility index (Phi) is 3.66. The van der Waals surface area contributed by atoms with Gasteiger partial charge in [-0.3, -0.25) is 4.68 Å². The van der Waals surface area contributed by atoms with Crippen molar-refractivity contribution in [2.45, 2.75) is 6.61 Å². The fourth-order valence-corrected chi connectivity index (χ4v) is 1.77. The highest BCUT2D eigenvalue weighted by molar-refractivity contribution is 5.90. The van der Waals surface area contributed by atoms with E-state index in [-0.39, 0.29) is 12.2 Å². The molecule has 0 unspecified atom stereocenters. The van der Waals surface area contributed by atoms with Crippen LogP contribution >= 0.6 is 0 Å². The van der Waals surface area contributed by atoms with Crippen LogP contribution < -0.4 is 4.74 Å². The molecule has 0 atom stereocenters. The lowest BCUT2D eigenvalue weighted by Gasteiger charge is -2.10. The zero-order valence-corrected chi connectivity index (χ0v) is 10.5. The van der Waals surface area contributed by atoms with Crippen molar-refractivity contribution in [3.05, 3.63) is 53.7 Å². The van der Waals surface area contributed by atoms with Crippen LogP contribution in [-0.4, -0.2) is 20.9 Å². The quantitative estimate of drug-likeness (QED) is 0.894. The summed E-state index contributed by atoms with van der Waals surface area (Å²) in [6, 6.07) is 6.75. The van der Waals surface area contributed by atoms with Crippen LogP contribution in [0.2, 0.25) is 0 Å². The zero-order valence-electron chi connectivity index (χ0n) is 10.5. The van der Waals surface area contributed by atoms with Crippen molar-refractivity contribution in [2.75, 3.05) is 0 Å². The van der Waals surface area contributed by atoms with Gasteiger partial charge in [0, 0.05) is 24.9 Å². The molecule has 0 aliphatic heterocycles. The molecule has 2 aromatic rings. The number of benzene rings is 1. The summed E-state index contributed by atoms with van der Waals surface area (Å²) in [6.07, 6.45) is 3.37. The van der Waals surface area contributed by atoms with Gasteiger partial charge in [-0.25, -0.2) is 4.79 Å². The largest absolute Gasteiger partial charge is 0.478 e. The summed E-state index contributed by atoms with van der Waals surface area (Å²) in [6.45, 7) is 3.82. The first-order valence-electron chi connectivity index (χ1n) is 5.72. The molecule has 19 heavy (non-hydrogen) atoms. The van der Waals surface area contributed by atoms with Crippen LogP contribution in [0.4, 0.5) is 0 Å². The maximum absolute atomic E-state index is 11.2. The van der Waals surface area contributed by atoms with Crippen LogP contribution in [0.5, 0.6) is 5.88 Å². The Bertz CT molecular complexity index is 617. The molecule has 2 rings (SSSR count). The van der Waals surface area contributed by atoms with Crippen molar-refractivity contribution in [3.8, 4) is 5.88 Å². The van der Waals surface area contributed by atoms with Crippen LogP contribution in [0.25, 0.3) is 6.08 Å². The normalized spacial score (nSPS) is 10.2. The van der Waals surface area contributed by atoms with E-state index in [0.717, 1.165) is 5.56 Å². The van der Waals surface area contributed by atoms with Crippen LogP contribution in [0.1, 0.15) is 21.5 Å². The van der Waals surface area contributed by atoms with E-state index < -0.39 is 5.97 Å². The van der Waals surface area contributed by atoms with Crippen LogP contribution in [0.3, 0.4) is 0 Å². The van der Waals surface area contributed by atoms with E-state index in [9.17, 15) is 9.90 Å². The lowest BCUT2D eigenvalue weighted by atomic mass is 10.0. The van der Waals surface area contributed by atoms with Gasteiger partial charge >= 0.3 is 5.97 Å². The summed E-state index contributed by atoms with van der Waals surface area (Å²) < 4.78 is 7.12. The van der Waals surface area contributed by atoms with Crippen molar-refractivity contribution in [2.24, 2.45) is 7.05 Å². The molecular formula is C14H14N2O3. The summed E-state index contributed by atoms with van der Waals surface area (Å²) in [7, 11) is 1.78. The average Bonchev–Trinajstić information content (AvgIpc) is 2.81. The van der Waals surface area contributed by atoms with Crippen molar-refractivity contribution >= 4 is 12.0 Å². The number of hydrogen-bond acceptors (Lipinski definition) is 3. The van der Waals surface area contributed by atoms with Crippen molar-refractivity contribution in [1.29, 1.82) is 0 Å². The highest BCUT2D eigenvalue weighted by atomic mass is 16.5. The molecule has 1 aromatic carbocycles. The number of aromatic carboxylic acids is 1. The molecule has 0 aliphatic carbocycles. The summed E-state index contributed by atoms with van der Waals surface area (Å²) >= 11 is 0. The number of carboxylic acid groups (broad SMARTS) is 1. The van der Waals surface area contributed by atoms with E-state index in [4.69, 9.17) is 4.74 Å². The Morgan fingerprint density at radius 3 is 2.89 bits per heavy atom. The average molecular weight is 258 g/mol. The van der Waals surface area contributed by atoms with Crippen LogP contribution in [0, 0.1) is 0 Å². The summed E-state index contributed by atoms with van der Waals surface area (Å²) in [5, 5.41) is 13.3. The third kappa shape index (κ3) is 2.82. The van der Waals surface area contributed by atoms with E-state index in [0.29, 0.717) is 11.4 Å². The maximum Gasteiger partial charge on any atom is 0.336 e. The number of aryl methyl sites for hydroxylation is 1. The number of carboxylic acids is 1. The molecule has 5 heteroatoms. The Balaban J connectivity index is 2.27. The molecule has 0 aliphatic rings. The second-order valence-corrected chi connectivity index (χ2v) is 4.00. The van der Waals surface area contributed by atoms with Crippen LogP contribution in [-0.2, 0) is 13.7 Å². The Hall–Kier alpha value is -2.56. The molecule has 1 aromatic heterocycles. The predicted molar refractivity (Wildman–Crippen MR) is 71.0 cm³/mol. The predicted octanol–water partition coefficient (Wildman–Crippen LogP) is 2.34. The number of nitrogens with zero attached hydrogens (tertiary/aromatic N) is 2. The third-order valence-corrected chi connectivity index (χ3v) is 2.72. The van der Waals surface area contributed by atoms with E-state index in [2.05, 4.69) is 11.7 Å². The van der Waals surface area contributed by atoms with Gasteiger partial charge < -0.3 is 9.84 Å². The molecule has 0 saturated heterocycles. The van der Waals surface area contributed by atoms with E-state index in [1.165, 1.54) is 0 Å². The van der Waals surface area contributed by atoms with Gasteiger partial charge in [-0.05, 0) is 11.6 Å². The number of rotatable bonds is 5. The number of aromatic nitrogens is 2. The number of carbonyl (C=O) groups is 1. The fourth-order valence-electron chi connectivity index (χ4n) is 1.77. The first-order valence-corrected chi connectivity index (χ1v) is 5.72. The van der Waals surface area contributed by atoms with Gasteiger partial charge in [-0.1, -0.05) is 24.8 Å². The molecule has 0 fully saturated rings. The monoisotopic (exact) mass is 258 g/mol. The van der Waals surface area contributed by atoms with Gasteiger partial charge in [-0.15, -0.1) is 5.10 Å². The molecule has 0 saturated carbocycles. The molecule has 98 valence electrons. The van der Waals surface area contributed by atoms with Gasteiger partial charge in [0.25, 0.3) is 0 Å². The molecule has 0 amide bonds. The topological polar surface area (TPSA) is 64.3 Å². The molecule has 1 N–H and O–H groups in total. The first kappa shape index (κ1) is 12.9. The highest BCUT2D eigenvalue weighted by Crippen LogP contribution is 2.19. The Labute approximate surface area is 110 Å². The minimum atomic E-state index is -0.983. The highest BCUT2D eigenvalue weighted by Gasteiger charge is 2.13. The summed E-state index contributed by atoms with van der Waals surface area (Å²) in [5.41, 5.74) is 1.56. The van der Waals surface area contributed by atoms with Gasteiger partial charge in [0.05, 0.1) is 5.56 Å². The smallest absolute Gasteiger partial charge is 0.336 e.